The van der Waals surface area contributed by atoms with Crippen molar-refractivity contribution in [3.05, 3.63) is 23.2 Å². The number of fused-ring (bicyclic) bond motifs is 1. The molecule has 0 aliphatic heterocycles. The molecule has 0 aliphatic rings. The number of H-pyrrole nitrogens is 1. The van der Waals surface area contributed by atoms with Crippen molar-refractivity contribution in [1.29, 1.82) is 0 Å². The van der Waals surface area contributed by atoms with Gasteiger partial charge < -0.3 is 14.3 Å². The fraction of sp³-hybridized carbons (Fsp3) is 0.333. The van der Waals surface area contributed by atoms with E-state index in [1.165, 1.54) is 0 Å². The van der Waals surface area contributed by atoms with E-state index in [9.17, 15) is 0 Å². The molecule has 2 aromatic heterocycles. The molecule has 0 spiro atoms. The van der Waals surface area contributed by atoms with Crippen LogP contribution in [-0.2, 0) is 11.3 Å². The summed E-state index contributed by atoms with van der Waals surface area (Å²) < 4.78 is 7.75. The summed E-state index contributed by atoms with van der Waals surface area (Å²) in [5.74, 6) is 0. The molecule has 4 nitrogen and oxygen atoms in total. The molecule has 2 aromatic rings. The lowest BCUT2D eigenvalue weighted by molar-refractivity contribution is 0.188. The van der Waals surface area contributed by atoms with Gasteiger partial charge >= 0.3 is 0 Å². The van der Waals surface area contributed by atoms with Gasteiger partial charge in [0.1, 0.15) is 0 Å². The predicted molar refractivity (Wildman–Crippen MR) is 56.8 cm³/mol. The molecular formula is C9H11N3OS. The summed E-state index contributed by atoms with van der Waals surface area (Å²) in [7, 11) is 1.68. The first kappa shape index (κ1) is 9.36. The van der Waals surface area contributed by atoms with Gasteiger partial charge in [-0.3, -0.25) is 4.98 Å². The van der Waals surface area contributed by atoms with Crippen molar-refractivity contribution in [2.75, 3.05) is 13.7 Å². The molecule has 0 saturated heterocycles. The van der Waals surface area contributed by atoms with Crippen LogP contribution >= 0.6 is 12.2 Å². The zero-order valence-electron chi connectivity index (χ0n) is 7.86. The van der Waals surface area contributed by atoms with E-state index in [0.717, 1.165) is 17.6 Å². The highest BCUT2D eigenvalue weighted by molar-refractivity contribution is 7.71. The number of nitrogens with zero attached hydrogens (tertiary/aromatic N) is 2. The Bertz CT molecular complexity index is 488. The maximum absolute atomic E-state index is 5.19. The maximum atomic E-state index is 5.19. The van der Waals surface area contributed by atoms with Crippen molar-refractivity contribution >= 4 is 23.3 Å². The molecule has 14 heavy (non-hydrogen) atoms. The molecule has 0 atom stereocenters. The minimum atomic E-state index is 0.656. The molecule has 0 aromatic carbocycles. The predicted octanol–water partition coefficient (Wildman–Crippen LogP) is 1.74. The molecule has 5 heteroatoms. The number of pyridine rings is 1. The third kappa shape index (κ3) is 1.56. The minimum absolute atomic E-state index is 0.656. The normalized spacial score (nSPS) is 10.9. The first-order chi connectivity index (χ1) is 6.83. The third-order valence-electron chi connectivity index (χ3n) is 2.09. The summed E-state index contributed by atoms with van der Waals surface area (Å²) in [6, 6.07) is 1.94. The van der Waals surface area contributed by atoms with Crippen molar-refractivity contribution in [2.45, 2.75) is 6.54 Å². The van der Waals surface area contributed by atoms with Gasteiger partial charge in [-0.05, 0) is 18.3 Å². The van der Waals surface area contributed by atoms with E-state index in [0.29, 0.717) is 11.4 Å². The third-order valence-corrected chi connectivity index (χ3v) is 2.42. The molecule has 2 rings (SSSR count). The molecule has 0 radical (unpaired) electrons. The number of ether oxygens (including phenoxy) is 1. The van der Waals surface area contributed by atoms with Crippen LogP contribution in [0.4, 0.5) is 0 Å². The van der Waals surface area contributed by atoms with Gasteiger partial charge in [0, 0.05) is 19.9 Å². The molecule has 0 saturated carbocycles. The minimum Gasteiger partial charge on any atom is -0.383 e. The van der Waals surface area contributed by atoms with Gasteiger partial charge in [-0.15, -0.1) is 0 Å². The van der Waals surface area contributed by atoms with Gasteiger partial charge in [-0.25, -0.2) is 0 Å². The Labute approximate surface area is 86.5 Å². The highest BCUT2D eigenvalue weighted by atomic mass is 32.1. The van der Waals surface area contributed by atoms with Crippen LogP contribution in [-0.4, -0.2) is 28.3 Å². The van der Waals surface area contributed by atoms with Gasteiger partial charge in [0.15, 0.2) is 4.77 Å². The monoisotopic (exact) mass is 209 g/mol. The Balaban J connectivity index is 2.51. The van der Waals surface area contributed by atoms with Crippen LogP contribution in [0.15, 0.2) is 18.5 Å². The lowest BCUT2D eigenvalue weighted by Gasteiger charge is -2.02. The van der Waals surface area contributed by atoms with Gasteiger partial charge in [0.05, 0.1) is 23.8 Å². The van der Waals surface area contributed by atoms with Crippen LogP contribution < -0.4 is 0 Å². The highest BCUT2D eigenvalue weighted by Gasteiger charge is 2.02. The van der Waals surface area contributed by atoms with Gasteiger partial charge in [0.25, 0.3) is 0 Å². The molecule has 74 valence electrons. The second-order valence-electron chi connectivity index (χ2n) is 2.97. The van der Waals surface area contributed by atoms with Gasteiger partial charge in [0.2, 0.25) is 0 Å². The fourth-order valence-electron chi connectivity index (χ4n) is 1.42. The van der Waals surface area contributed by atoms with Crippen molar-refractivity contribution < 1.29 is 4.74 Å². The Morgan fingerprint density at radius 2 is 2.50 bits per heavy atom. The summed E-state index contributed by atoms with van der Waals surface area (Å²) in [6.07, 6.45) is 3.53. The van der Waals surface area contributed by atoms with Crippen LogP contribution in [0.25, 0.3) is 11.0 Å². The molecule has 0 amide bonds. The number of imidazole rings is 1. The first-order valence-electron chi connectivity index (χ1n) is 4.34. The standard InChI is InChI=1S/C9H11N3OS/c1-13-5-4-12-8-2-3-10-6-7(8)11-9(12)14/h2-3,6H,4-5H2,1H3,(H,11,14). The average molecular weight is 209 g/mol. The number of nitrogens with one attached hydrogen (secondary N) is 1. The molecule has 0 bridgehead atoms. The first-order valence-corrected chi connectivity index (χ1v) is 4.75. The molecule has 1 N–H and O–H groups in total. The van der Waals surface area contributed by atoms with Crippen molar-refractivity contribution in [3.8, 4) is 0 Å². The fourth-order valence-corrected chi connectivity index (χ4v) is 1.72. The van der Waals surface area contributed by atoms with Crippen molar-refractivity contribution in [3.63, 3.8) is 0 Å². The van der Waals surface area contributed by atoms with E-state index in [1.54, 1.807) is 19.5 Å². The second kappa shape index (κ2) is 3.89. The maximum Gasteiger partial charge on any atom is 0.178 e. The Kier molecular flexibility index (Phi) is 2.60. The smallest absolute Gasteiger partial charge is 0.178 e. The number of hydrogen-bond donors (Lipinski definition) is 1. The van der Waals surface area contributed by atoms with E-state index in [-0.39, 0.29) is 0 Å². The number of methoxy groups -OCH3 is 1. The van der Waals surface area contributed by atoms with E-state index in [1.807, 2.05) is 10.6 Å². The van der Waals surface area contributed by atoms with E-state index in [2.05, 4.69) is 9.97 Å². The topological polar surface area (TPSA) is 42.8 Å². The van der Waals surface area contributed by atoms with Crippen molar-refractivity contribution in [1.82, 2.24) is 14.5 Å². The lowest BCUT2D eigenvalue weighted by atomic mass is 10.4. The summed E-state index contributed by atoms with van der Waals surface area (Å²) in [5.41, 5.74) is 2.04. The van der Waals surface area contributed by atoms with E-state index >= 15 is 0 Å². The highest BCUT2D eigenvalue weighted by Crippen LogP contribution is 2.11. The molecular weight excluding hydrogens is 198 g/mol. The van der Waals surface area contributed by atoms with Gasteiger partial charge in [-0.1, -0.05) is 0 Å². The Morgan fingerprint density at radius 3 is 3.29 bits per heavy atom. The largest absolute Gasteiger partial charge is 0.383 e. The van der Waals surface area contributed by atoms with Crippen LogP contribution in [0.5, 0.6) is 0 Å². The van der Waals surface area contributed by atoms with E-state index in [4.69, 9.17) is 17.0 Å². The Morgan fingerprint density at radius 1 is 1.64 bits per heavy atom. The molecule has 2 heterocycles. The van der Waals surface area contributed by atoms with Crippen LogP contribution in [0.2, 0.25) is 0 Å². The summed E-state index contributed by atoms with van der Waals surface area (Å²) in [4.78, 5) is 7.12. The number of hydrogen-bond acceptors (Lipinski definition) is 3. The number of aromatic amines is 1. The average Bonchev–Trinajstić information content (AvgIpc) is 2.51. The summed E-state index contributed by atoms with van der Waals surface area (Å²) in [5, 5.41) is 0. The van der Waals surface area contributed by atoms with Crippen LogP contribution in [0.3, 0.4) is 0 Å². The zero-order valence-corrected chi connectivity index (χ0v) is 8.67. The zero-order chi connectivity index (χ0) is 9.97. The van der Waals surface area contributed by atoms with E-state index < -0.39 is 0 Å². The second-order valence-corrected chi connectivity index (χ2v) is 3.35. The van der Waals surface area contributed by atoms with Gasteiger partial charge in [-0.2, -0.15) is 0 Å². The van der Waals surface area contributed by atoms with Crippen LogP contribution in [0.1, 0.15) is 0 Å². The molecule has 0 fully saturated rings. The number of aromatic nitrogens is 3. The van der Waals surface area contributed by atoms with Crippen molar-refractivity contribution in [2.24, 2.45) is 0 Å². The Hall–Kier alpha value is -1.20. The SMILES string of the molecule is COCCn1c(=S)[nH]c2cnccc21. The van der Waals surface area contributed by atoms with Crippen LogP contribution in [0, 0.1) is 4.77 Å². The summed E-state index contributed by atoms with van der Waals surface area (Å²) in [6.45, 7) is 1.42. The molecule has 0 aliphatic carbocycles. The lowest BCUT2D eigenvalue weighted by Crippen LogP contribution is -2.03. The summed E-state index contributed by atoms with van der Waals surface area (Å²) >= 11 is 5.19. The quantitative estimate of drug-likeness (QED) is 0.783. The molecule has 0 unspecified atom stereocenters. The number of rotatable bonds is 3.